The lowest BCUT2D eigenvalue weighted by Gasteiger charge is -2.17. The Labute approximate surface area is 124 Å². The highest BCUT2D eigenvalue weighted by atomic mass is 16.6. The monoisotopic (exact) mass is 294 g/mol. The van der Waals surface area contributed by atoms with Crippen molar-refractivity contribution in [2.75, 3.05) is 13.7 Å². The van der Waals surface area contributed by atoms with Crippen molar-refractivity contribution in [1.82, 2.24) is 5.32 Å². The Morgan fingerprint density at radius 3 is 2.67 bits per heavy atom. The zero-order chi connectivity index (χ0) is 15.9. The lowest BCUT2D eigenvalue weighted by atomic mass is 10.0. The second-order valence-corrected chi connectivity index (χ2v) is 5.45. The summed E-state index contributed by atoms with van der Waals surface area (Å²) in [7, 11) is 1.30. The van der Waals surface area contributed by atoms with E-state index in [9.17, 15) is 9.59 Å². The normalized spacial score (nSPS) is 10.9. The van der Waals surface area contributed by atoms with Gasteiger partial charge in [0.2, 0.25) is 5.91 Å². The summed E-state index contributed by atoms with van der Waals surface area (Å²) in [5, 5.41) is 2.79. The van der Waals surface area contributed by atoms with Gasteiger partial charge in [0.05, 0.1) is 7.11 Å². The lowest BCUT2D eigenvalue weighted by molar-refractivity contribution is -0.142. The van der Waals surface area contributed by atoms with Crippen LogP contribution in [0.5, 0.6) is 5.75 Å². The molecule has 1 aromatic rings. The number of amides is 1. The Kier molecular flexibility index (Phi) is 6.17. The van der Waals surface area contributed by atoms with E-state index in [-0.39, 0.29) is 18.9 Å². The van der Waals surface area contributed by atoms with Crippen LogP contribution in [0.1, 0.15) is 25.8 Å². The molecule has 0 spiro atoms. The third-order valence-electron chi connectivity index (χ3n) is 2.59. The molecule has 6 nitrogen and oxygen atoms in total. The molecule has 0 aromatic heterocycles. The van der Waals surface area contributed by atoms with Crippen LogP contribution >= 0.6 is 0 Å². The SMILES string of the molecule is COC(=O)COc1cccc(CNC(=O)CC(C)(C)N)c1. The van der Waals surface area contributed by atoms with Gasteiger partial charge in [0, 0.05) is 18.5 Å². The number of hydrogen-bond acceptors (Lipinski definition) is 5. The molecule has 0 heterocycles. The van der Waals surface area contributed by atoms with E-state index < -0.39 is 11.5 Å². The van der Waals surface area contributed by atoms with Crippen LogP contribution in [0.3, 0.4) is 0 Å². The average molecular weight is 294 g/mol. The summed E-state index contributed by atoms with van der Waals surface area (Å²) in [6.45, 7) is 3.83. The van der Waals surface area contributed by atoms with Gasteiger partial charge in [-0.15, -0.1) is 0 Å². The van der Waals surface area contributed by atoms with Gasteiger partial charge < -0.3 is 20.5 Å². The number of benzene rings is 1. The first kappa shape index (κ1) is 17.0. The molecule has 6 heteroatoms. The summed E-state index contributed by atoms with van der Waals surface area (Å²) in [5.74, 6) is -0.00595. The van der Waals surface area contributed by atoms with Gasteiger partial charge in [0.1, 0.15) is 5.75 Å². The number of carbonyl (C=O) groups is 2. The number of methoxy groups -OCH3 is 1. The van der Waals surface area contributed by atoms with Crippen molar-refractivity contribution < 1.29 is 19.1 Å². The van der Waals surface area contributed by atoms with Crippen LogP contribution in [0.2, 0.25) is 0 Å². The van der Waals surface area contributed by atoms with Crippen LogP contribution in [0.25, 0.3) is 0 Å². The van der Waals surface area contributed by atoms with Crippen LogP contribution < -0.4 is 15.8 Å². The summed E-state index contributed by atoms with van der Waals surface area (Å²) in [4.78, 5) is 22.7. The topological polar surface area (TPSA) is 90.6 Å². The molecule has 0 aliphatic rings. The van der Waals surface area contributed by atoms with Crippen molar-refractivity contribution in [3.63, 3.8) is 0 Å². The largest absolute Gasteiger partial charge is 0.482 e. The molecule has 21 heavy (non-hydrogen) atoms. The quantitative estimate of drug-likeness (QED) is 0.732. The minimum Gasteiger partial charge on any atom is -0.482 e. The van der Waals surface area contributed by atoms with E-state index in [1.54, 1.807) is 32.0 Å². The summed E-state index contributed by atoms with van der Waals surface area (Å²) < 4.78 is 9.77. The molecule has 116 valence electrons. The van der Waals surface area contributed by atoms with Crippen molar-refractivity contribution in [1.29, 1.82) is 0 Å². The van der Waals surface area contributed by atoms with E-state index in [0.29, 0.717) is 12.3 Å². The maximum absolute atomic E-state index is 11.7. The number of nitrogens with two attached hydrogens (primary N) is 1. The zero-order valence-electron chi connectivity index (χ0n) is 12.6. The summed E-state index contributed by atoms with van der Waals surface area (Å²) >= 11 is 0. The Bertz CT molecular complexity index is 495. The van der Waals surface area contributed by atoms with E-state index in [0.717, 1.165) is 5.56 Å². The first-order valence-electron chi connectivity index (χ1n) is 6.64. The Morgan fingerprint density at radius 2 is 2.05 bits per heavy atom. The number of hydrogen-bond donors (Lipinski definition) is 2. The van der Waals surface area contributed by atoms with E-state index in [1.807, 2.05) is 6.07 Å². The van der Waals surface area contributed by atoms with Crippen LogP contribution in [0.4, 0.5) is 0 Å². The second-order valence-electron chi connectivity index (χ2n) is 5.45. The minimum atomic E-state index is -0.532. The predicted molar refractivity (Wildman–Crippen MR) is 78.7 cm³/mol. The molecular formula is C15H22N2O4. The molecule has 1 aromatic carbocycles. The van der Waals surface area contributed by atoms with Gasteiger partial charge in [-0.05, 0) is 31.5 Å². The van der Waals surface area contributed by atoms with Crippen LogP contribution in [0.15, 0.2) is 24.3 Å². The van der Waals surface area contributed by atoms with Gasteiger partial charge in [-0.2, -0.15) is 0 Å². The van der Waals surface area contributed by atoms with Crippen LogP contribution in [0, 0.1) is 0 Å². The Balaban J connectivity index is 2.49. The van der Waals surface area contributed by atoms with Crippen molar-refractivity contribution in [2.45, 2.75) is 32.4 Å². The van der Waals surface area contributed by atoms with Crippen molar-refractivity contribution in [2.24, 2.45) is 5.73 Å². The van der Waals surface area contributed by atoms with Gasteiger partial charge in [0.15, 0.2) is 6.61 Å². The highest BCUT2D eigenvalue weighted by molar-refractivity contribution is 5.77. The Hall–Kier alpha value is -2.08. The van der Waals surface area contributed by atoms with Crippen LogP contribution in [-0.4, -0.2) is 31.1 Å². The molecule has 0 saturated carbocycles. The molecular weight excluding hydrogens is 272 g/mol. The first-order valence-corrected chi connectivity index (χ1v) is 6.64. The summed E-state index contributed by atoms with van der Waals surface area (Å²) in [6, 6.07) is 7.15. The second kappa shape index (κ2) is 7.64. The van der Waals surface area contributed by atoms with Crippen molar-refractivity contribution in [3.8, 4) is 5.75 Å². The van der Waals surface area contributed by atoms with Crippen molar-refractivity contribution in [3.05, 3.63) is 29.8 Å². The van der Waals surface area contributed by atoms with Crippen LogP contribution in [-0.2, 0) is 20.9 Å². The van der Waals surface area contributed by atoms with Gasteiger partial charge in [-0.1, -0.05) is 12.1 Å². The fourth-order valence-corrected chi connectivity index (χ4v) is 1.62. The van der Waals surface area contributed by atoms with E-state index in [1.165, 1.54) is 7.11 Å². The molecule has 0 radical (unpaired) electrons. The van der Waals surface area contributed by atoms with E-state index >= 15 is 0 Å². The van der Waals surface area contributed by atoms with E-state index in [4.69, 9.17) is 10.5 Å². The fraction of sp³-hybridized carbons (Fsp3) is 0.467. The molecule has 1 amide bonds. The number of ether oxygens (including phenoxy) is 2. The molecule has 0 fully saturated rings. The predicted octanol–water partition coefficient (Wildman–Crippen LogP) is 0.982. The van der Waals surface area contributed by atoms with Crippen molar-refractivity contribution >= 4 is 11.9 Å². The molecule has 0 bridgehead atoms. The van der Waals surface area contributed by atoms with Gasteiger partial charge >= 0.3 is 5.97 Å². The Morgan fingerprint density at radius 1 is 1.33 bits per heavy atom. The average Bonchev–Trinajstić information content (AvgIpc) is 2.41. The maximum atomic E-state index is 11.7. The summed E-state index contributed by atoms with van der Waals surface area (Å²) in [5.41, 5.74) is 6.13. The smallest absolute Gasteiger partial charge is 0.343 e. The molecule has 0 unspecified atom stereocenters. The molecule has 0 atom stereocenters. The van der Waals surface area contributed by atoms with Gasteiger partial charge in [0.25, 0.3) is 0 Å². The molecule has 0 saturated heterocycles. The number of nitrogens with one attached hydrogen (secondary N) is 1. The standard InChI is InChI=1S/C15H22N2O4/c1-15(2,16)8-13(18)17-9-11-5-4-6-12(7-11)21-10-14(19)20-3/h4-7H,8-10,16H2,1-3H3,(H,17,18). The zero-order valence-corrected chi connectivity index (χ0v) is 12.6. The fourth-order valence-electron chi connectivity index (χ4n) is 1.62. The lowest BCUT2D eigenvalue weighted by Crippen LogP contribution is -2.38. The summed E-state index contributed by atoms with van der Waals surface area (Å²) in [6.07, 6.45) is 0.255. The molecule has 0 aliphatic carbocycles. The third-order valence-corrected chi connectivity index (χ3v) is 2.59. The maximum Gasteiger partial charge on any atom is 0.343 e. The van der Waals surface area contributed by atoms with Gasteiger partial charge in [-0.3, -0.25) is 4.79 Å². The molecule has 0 aliphatic heterocycles. The number of esters is 1. The third kappa shape index (κ3) is 7.31. The first-order chi connectivity index (χ1) is 9.80. The number of rotatable bonds is 7. The highest BCUT2D eigenvalue weighted by Crippen LogP contribution is 2.13. The molecule has 1 rings (SSSR count). The minimum absolute atomic E-state index is 0.108. The molecule has 3 N–H and O–H groups in total. The van der Waals surface area contributed by atoms with Gasteiger partial charge in [-0.25, -0.2) is 4.79 Å². The van der Waals surface area contributed by atoms with E-state index in [2.05, 4.69) is 10.1 Å². The number of carbonyl (C=O) groups excluding carboxylic acids is 2. The highest BCUT2D eigenvalue weighted by Gasteiger charge is 2.15.